The van der Waals surface area contributed by atoms with Crippen molar-refractivity contribution in [3.05, 3.63) is 35.1 Å². The van der Waals surface area contributed by atoms with Crippen molar-refractivity contribution < 1.29 is 9.13 Å². The number of nitrogen functional groups attached to an aromatic ring is 1. The van der Waals surface area contributed by atoms with Crippen LogP contribution < -0.4 is 10.5 Å². The van der Waals surface area contributed by atoms with Crippen molar-refractivity contribution in [1.29, 1.82) is 0 Å². The average Bonchev–Trinajstić information content (AvgIpc) is 2.16. The van der Waals surface area contributed by atoms with E-state index in [0.717, 1.165) is 5.57 Å². The molecule has 0 saturated carbocycles. The molecule has 1 aromatic carbocycles. The van der Waals surface area contributed by atoms with Gasteiger partial charge in [-0.1, -0.05) is 11.6 Å². The molecule has 0 aliphatic carbocycles. The van der Waals surface area contributed by atoms with Gasteiger partial charge in [0.25, 0.3) is 0 Å². The van der Waals surface area contributed by atoms with Crippen molar-refractivity contribution in [2.24, 2.45) is 0 Å². The number of hydrogen-bond acceptors (Lipinski definition) is 2. The van der Waals surface area contributed by atoms with Gasteiger partial charge in [-0.2, -0.15) is 0 Å². The molecule has 0 bridgehead atoms. The Morgan fingerprint density at radius 1 is 1.64 bits per heavy atom. The van der Waals surface area contributed by atoms with Gasteiger partial charge < -0.3 is 10.5 Å². The Bertz CT molecular complexity index is 352. The molecule has 0 heterocycles. The fourth-order valence-corrected chi connectivity index (χ4v) is 0.920. The van der Waals surface area contributed by atoms with E-state index in [1.54, 1.807) is 13.0 Å². The average molecular weight is 216 g/mol. The second-order valence-electron chi connectivity index (χ2n) is 2.93. The van der Waals surface area contributed by atoms with E-state index in [0.29, 0.717) is 5.69 Å². The lowest BCUT2D eigenvalue weighted by Crippen LogP contribution is -2.00. The van der Waals surface area contributed by atoms with Crippen LogP contribution in [0.5, 0.6) is 5.75 Å². The molecule has 2 N–H and O–H groups in total. The van der Waals surface area contributed by atoms with Crippen LogP contribution >= 0.6 is 11.6 Å². The quantitative estimate of drug-likeness (QED) is 0.787. The highest BCUT2D eigenvalue weighted by molar-refractivity contribution is 6.25. The van der Waals surface area contributed by atoms with Gasteiger partial charge in [-0.3, -0.25) is 0 Å². The minimum absolute atomic E-state index is 0.178. The highest BCUT2D eigenvalue weighted by atomic mass is 35.5. The zero-order valence-electron chi connectivity index (χ0n) is 7.76. The summed E-state index contributed by atoms with van der Waals surface area (Å²) in [4.78, 5) is 0. The van der Waals surface area contributed by atoms with Crippen LogP contribution in [-0.4, -0.2) is 6.61 Å². The van der Waals surface area contributed by atoms with Crippen molar-refractivity contribution in [2.45, 2.75) is 6.92 Å². The summed E-state index contributed by atoms with van der Waals surface area (Å²) in [5.41, 5.74) is 7.98. The summed E-state index contributed by atoms with van der Waals surface area (Å²) in [5, 5.41) is 0. The molecule has 0 unspecified atom stereocenters. The van der Waals surface area contributed by atoms with E-state index >= 15 is 0 Å². The lowest BCUT2D eigenvalue weighted by molar-refractivity contribution is 0.332. The molecule has 0 radical (unpaired) electrons. The number of anilines is 1. The Labute approximate surface area is 87.1 Å². The van der Waals surface area contributed by atoms with Gasteiger partial charge in [-0.25, -0.2) is 4.39 Å². The van der Waals surface area contributed by atoms with E-state index in [1.807, 2.05) is 0 Å². The Balaban J connectivity index is 2.68. The van der Waals surface area contributed by atoms with E-state index in [2.05, 4.69) is 0 Å². The van der Waals surface area contributed by atoms with E-state index in [-0.39, 0.29) is 12.4 Å². The van der Waals surface area contributed by atoms with Gasteiger partial charge in [0.15, 0.2) is 11.6 Å². The predicted molar refractivity (Wildman–Crippen MR) is 55.9 cm³/mol. The normalized spacial score (nSPS) is 11.5. The van der Waals surface area contributed by atoms with Crippen molar-refractivity contribution in [2.75, 3.05) is 12.3 Å². The number of ether oxygens (including phenoxy) is 1. The van der Waals surface area contributed by atoms with E-state index in [9.17, 15) is 4.39 Å². The fraction of sp³-hybridized carbons (Fsp3) is 0.200. The second-order valence-corrected chi connectivity index (χ2v) is 3.15. The number of benzene rings is 1. The zero-order valence-corrected chi connectivity index (χ0v) is 8.51. The molecular formula is C10H11ClFNO. The third-order valence-electron chi connectivity index (χ3n) is 1.60. The lowest BCUT2D eigenvalue weighted by atomic mass is 10.3. The van der Waals surface area contributed by atoms with Crippen LogP contribution in [-0.2, 0) is 0 Å². The first-order valence-electron chi connectivity index (χ1n) is 4.07. The first-order valence-corrected chi connectivity index (χ1v) is 4.51. The van der Waals surface area contributed by atoms with Gasteiger partial charge in [0.05, 0.1) is 0 Å². The third kappa shape index (κ3) is 2.92. The molecule has 0 atom stereocenters. The topological polar surface area (TPSA) is 35.2 Å². The van der Waals surface area contributed by atoms with Crippen LogP contribution in [0.3, 0.4) is 0 Å². The summed E-state index contributed by atoms with van der Waals surface area (Å²) >= 11 is 5.43. The lowest BCUT2D eigenvalue weighted by Gasteiger charge is -2.07. The zero-order chi connectivity index (χ0) is 10.6. The van der Waals surface area contributed by atoms with Crippen LogP contribution in [0.1, 0.15) is 6.92 Å². The van der Waals surface area contributed by atoms with Gasteiger partial charge in [-0.05, 0) is 24.6 Å². The SMILES string of the molecule is C/C(=C/Cl)COc1ccc(N)cc1F. The smallest absolute Gasteiger partial charge is 0.167 e. The maximum Gasteiger partial charge on any atom is 0.167 e. The minimum Gasteiger partial charge on any atom is -0.486 e. The van der Waals surface area contributed by atoms with Gasteiger partial charge in [-0.15, -0.1) is 0 Å². The summed E-state index contributed by atoms with van der Waals surface area (Å²) in [7, 11) is 0. The Hall–Kier alpha value is -1.22. The second kappa shape index (κ2) is 4.86. The minimum atomic E-state index is -0.465. The molecule has 0 saturated heterocycles. The molecule has 4 heteroatoms. The van der Waals surface area contributed by atoms with E-state index < -0.39 is 5.82 Å². The van der Waals surface area contributed by atoms with Gasteiger partial charge in [0.2, 0.25) is 0 Å². The van der Waals surface area contributed by atoms with Gasteiger partial charge in [0, 0.05) is 17.3 Å². The molecule has 0 aliphatic rings. The number of halogens is 2. The van der Waals surface area contributed by atoms with Crippen LogP contribution in [0.2, 0.25) is 0 Å². The summed E-state index contributed by atoms with van der Waals surface area (Å²) in [5.74, 6) is -0.288. The monoisotopic (exact) mass is 215 g/mol. The molecule has 0 aliphatic heterocycles. The van der Waals surface area contributed by atoms with Crippen LogP contribution in [0.4, 0.5) is 10.1 Å². The summed E-state index contributed by atoms with van der Waals surface area (Å²) in [6, 6.07) is 4.29. The predicted octanol–water partition coefficient (Wildman–Crippen LogP) is 2.93. The summed E-state index contributed by atoms with van der Waals surface area (Å²) < 4.78 is 18.3. The van der Waals surface area contributed by atoms with Crippen LogP contribution in [0.25, 0.3) is 0 Å². The van der Waals surface area contributed by atoms with E-state index in [4.69, 9.17) is 22.1 Å². The summed E-state index contributed by atoms with van der Waals surface area (Å²) in [6.45, 7) is 2.06. The number of hydrogen-bond donors (Lipinski definition) is 1. The molecule has 0 amide bonds. The first-order chi connectivity index (χ1) is 6.63. The Morgan fingerprint density at radius 2 is 2.36 bits per heavy atom. The maximum absolute atomic E-state index is 13.1. The van der Waals surface area contributed by atoms with Gasteiger partial charge >= 0.3 is 0 Å². The molecule has 1 aromatic rings. The van der Waals surface area contributed by atoms with Gasteiger partial charge in [0.1, 0.15) is 6.61 Å². The van der Waals surface area contributed by atoms with Crippen molar-refractivity contribution in [1.82, 2.24) is 0 Å². The molecule has 76 valence electrons. The standard InChI is InChI=1S/C10H11ClFNO/c1-7(5-11)6-14-10-3-2-8(13)4-9(10)12/h2-5H,6,13H2,1H3/b7-5-. The molecule has 2 nitrogen and oxygen atoms in total. The van der Waals surface area contributed by atoms with Crippen molar-refractivity contribution >= 4 is 17.3 Å². The molecule has 0 aromatic heterocycles. The van der Waals surface area contributed by atoms with Crippen LogP contribution in [0.15, 0.2) is 29.3 Å². The molecular weight excluding hydrogens is 205 g/mol. The largest absolute Gasteiger partial charge is 0.486 e. The third-order valence-corrected chi connectivity index (χ3v) is 1.97. The first kappa shape index (κ1) is 10.9. The highest BCUT2D eigenvalue weighted by Gasteiger charge is 2.03. The maximum atomic E-state index is 13.1. The number of nitrogens with two attached hydrogens (primary N) is 1. The fourth-order valence-electron chi connectivity index (χ4n) is 0.857. The van der Waals surface area contributed by atoms with Crippen molar-refractivity contribution in [3.63, 3.8) is 0 Å². The Kier molecular flexibility index (Phi) is 3.77. The van der Waals surface area contributed by atoms with Crippen LogP contribution in [0, 0.1) is 5.82 Å². The molecule has 0 spiro atoms. The molecule has 1 rings (SSSR count). The van der Waals surface area contributed by atoms with E-state index in [1.165, 1.54) is 17.7 Å². The summed E-state index contributed by atoms with van der Waals surface area (Å²) in [6.07, 6.45) is 0. The molecule has 14 heavy (non-hydrogen) atoms. The number of rotatable bonds is 3. The Morgan fingerprint density at radius 3 is 2.93 bits per heavy atom. The molecule has 0 fully saturated rings. The van der Waals surface area contributed by atoms with Crippen molar-refractivity contribution in [3.8, 4) is 5.75 Å². The highest BCUT2D eigenvalue weighted by Crippen LogP contribution is 2.19.